The van der Waals surface area contributed by atoms with Crippen LogP contribution in [0.3, 0.4) is 0 Å². The van der Waals surface area contributed by atoms with Crippen LogP contribution < -0.4 is 4.18 Å². The van der Waals surface area contributed by atoms with Gasteiger partial charge in [-0.3, -0.25) is 4.79 Å². The van der Waals surface area contributed by atoms with Gasteiger partial charge in [-0.25, -0.2) is 0 Å². The average molecular weight is 539 g/mol. The molecule has 4 fully saturated rings. The smallest absolute Gasteiger partial charge is 0.480 e. The predicted octanol–water partition coefficient (Wildman–Crippen LogP) is 6.12. The lowest BCUT2D eigenvalue weighted by Crippen LogP contribution is -2.48. The van der Waals surface area contributed by atoms with Crippen LogP contribution in [-0.2, 0) is 25.7 Å². The number of alkyl halides is 3. The third-order valence-electron chi connectivity index (χ3n) is 8.69. The van der Waals surface area contributed by atoms with Crippen LogP contribution in [-0.4, -0.2) is 30.8 Å². The summed E-state index contributed by atoms with van der Waals surface area (Å²) in [6, 6.07) is 8.17. The fourth-order valence-corrected chi connectivity index (χ4v) is 9.01. The minimum atomic E-state index is -5.85. The van der Waals surface area contributed by atoms with Gasteiger partial charge in [0.25, 0.3) is 0 Å². The third-order valence-corrected chi connectivity index (χ3v) is 10.6. The molecule has 0 amide bonds. The molecule has 1 unspecified atom stereocenters. The molecule has 0 aromatic heterocycles. The van der Waals surface area contributed by atoms with E-state index in [1.165, 1.54) is 17.8 Å². The van der Waals surface area contributed by atoms with Crippen LogP contribution in [0, 0.1) is 17.8 Å². The normalized spacial score (nSPS) is 33.4. The second-order valence-corrected chi connectivity index (χ2v) is 13.4. The van der Waals surface area contributed by atoms with E-state index in [9.17, 15) is 31.5 Å². The summed E-state index contributed by atoms with van der Waals surface area (Å²) in [5, 5.41) is 12.9. The molecule has 4 bridgehead atoms. The molecule has 1 heterocycles. The van der Waals surface area contributed by atoms with Crippen LogP contribution in [0.25, 0.3) is 10.8 Å². The zero-order valence-electron chi connectivity index (χ0n) is 19.3. The van der Waals surface area contributed by atoms with Crippen molar-refractivity contribution in [2.24, 2.45) is 17.8 Å². The molecule has 7 rings (SSSR count). The number of fused-ring (bicyclic) bond motifs is 1. The highest BCUT2D eigenvalue weighted by Gasteiger charge is 2.54. The van der Waals surface area contributed by atoms with Crippen molar-refractivity contribution in [1.29, 1.82) is 0 Å². The first-order valence-corrected chi connectivity index (χ1v) is 14.5. The number of benzene rings is 2. The predicted molar refractivity (Wildman–Crippen MR) is 130 cm³/mol. The summed E-state index contributed by atoms with van der Waals surface area (Å²) in [5.74, 6) is 0.532. The van der Waals surface area contributed by atoms with Gasteiger partial charge in [0.1, 0.15) is 11.2 Å². The van der Waals surface area contributed by atoms with Gasteiger partial charge in [-0.15, -0.1) is 11.8 Å². The monoisotopic (exact) mass is 538 g/mol. The zero-order chi connectivity index (χ0) is 25.5. The van der Waals surface area contributed by atoms with Gasteiger partial charge in [-0.1, -0.05) is 18.2 Å². The van der Waals surface area contributed by atoms with E-state index in [2.05, 4.69) is 0 Å². The maximum atomic E-state index is 13.3. The van der Waals surface area contributed by atoms with Gasteiger partial charge >= 0.3 is 21.6 Å². The van der Waals surface area contributed by atoms with Gasteiger partial charge in [-0.2, -0.15) is 21.6 Å². The van der Waals surface area contributed by atoms with Crippen molar-refractivity contribution in [2.75, 3.05) is 5.75 Å². The topological polar surface area (TPSA) is 80.7 Å². The highest BCUT2D eigenvalue weighted by Crippen LogP contribution is 2.62. The minimum Gasteiger partial charge on any atom is -0.480 e. The maximum Gasteiger partial charge on any atom is 0.534 e. The minimum absolute atomic E-state index is 0.265. The molecule has 4 saturated carbocycles. The van der Waals surface area contributed by atoms with Gasteiger partial charge in [0, 0.05) is 11.3 Å². The number of thioether (sulfide) groups is 1. The summed E-state index contributed by atoms with van der Waals surface area (Å²) in [5.41, 5.74) is -6.08. The van der Waals surface area contributed by atoms with E-state index in [1.807, 2.05) is 0 Å². The Labute approximate surface area is 211 Å². The van der Waals surface area contributed by atoms with E-state index in [4.69, 9.17) is 4.18 Å². The first-order chi connectivity index (χ1) is 16.9. The van der Waals surface area contributed by atoms with Crippen molar-refractivity contribution in [1.82, 2.24) is 0 Å². The summed E-state index contributed by atoms with van der Waals surface area (Å²) in [6.45, 7) is 0. The van der Waals surface area contributed by atoms with Crippen molar-refractivity contribution < 1.29 is 35.7 Å². The van der Waals surface area contributed by atoms with Crippen LogP contribution in [0.5, 0.6) is 5.75 Å². The lowest BCUT2D eigenvalue weighted by molar-refractivity contribution is -0.141. The van der Waals surface area contributed by atoms with E-state index >= 15 is 0 Å². The molecule has 1 atom stereocenters. The molecular formula is C26H25F3O5S2. The Morgan fingerprint density at radius 1 is 1.00 bits per heavy atom. The molecule has 1 aliphatic heterocycles. The van der Waals surface area contributed by atoms with Gasteiger partial charge in [0.15, 0.2) is 0 Å². The largest absolute Gasteiger partial charge is 0.534 e. The van der Waals surface area contributed by atoms with Gasteiger partial charge < -0.3 is 9.29 Å². The molecule has 5 aliphatic rings. The Kier molecular flexibility index (Phi) is 5.30. The molecule has 0 spiro atoms. The molecule has 0 saturated heterocycles. The Morgan fingerprint density at radius 2 is 1.64 bits per heavy atom. The first kappa shape index (κ1) is 24.2. The standard InChI is InChI=1S/C26H25F3O5S2/c27-26(28,29)36(32,33)34-22-10-18-1-2-20(25(23(30)31)3-4-35-14-25)8-19(18)9-21(22)24-11-15-5-16(12-24)7-17(6-15)13-24/h1-4,8-10,15-17H,5-7,11-14H2,(H,30,31). The van der Waals surface area contributed by atoms with Gasteiger partial charge in [-0.05, 0) is 102 Å². The van der Waals surface area contributed by atoms with Crippen LogP contribution >= 0.6 is 11.8 Å². The van der Waals surface area contributed by atoms with Crippen LogP contribution in [0.4, 0.5) is 13.2 Å². The Bertz CT molecular complexity index is 1360. The first-order valence-electron chi connectivity index (χ1n) is 12.0. The van der Waals surface area contributed by atoms with Gasteiger partial charge in [0.05, 0.1) is 0 Å². The van der Waals surface area contributed by atoms with E-state index in [0.29, 0.717) is 45.4 Å². The molecular weight excluding hydrogens is 513 g/mol. The number of hydrogen-bond donors (Lipinski definition) is 1. The summed E-state index contributed by atoms with van der Waals surface area (Å²) < 4.78 is 68.8. The van der Waals surface area contributed by atoms with Crippen molar-refractivity contribution in [2.45, 2.75) is 54.9 Å². The summed E-state index contributed by atoms with van der Waals surface area (Å²) in [6.07, 6.45) is 7.38. The summed E-state index contributed by atoms with van der Waals surface area (Å²) >= 11 is 1.41. The zero-order valence-corrected chi connectivity index (χ0v) is 20.9. The highest BCUT2D eigenvalue weighted by atomic mass is 32.2. The number of halogens is 3. The van der Waals surface area contributed by atoms with Crippen molar-refractivity contribution in [3.05, 3.63) is 52.9 Å². The average Bonchev–Trinajstić information content (AvgIpc) is 3.28. The lowest BCUT2D eigenvalue weighted by atomic mass is 9.48. The number of carbonyl (C=O) groups is 1. The molecule has 192 valence electrons. The molecule has 5 nitrogen and oxygen atoms in total. The Balaban J connectivity index is 1.53. The van der Waals surface area contributed by atoms with E-state index in [-0.39, 0.29) is 5.75 Å². The van der Waals surface area contributed by atoms with E-state index in [1.54, 1.807) is 35.7 Å². The van der Waals surface area contributed by atoms with Gasteiger partial charge in [0.2, 0.25) is 0 Å². The van der Waals surface area contributed by atoms with Crippen molar-refractivity contribution in [3.8, 4) is 5.75 Å². The molecule has 36 heavy (non-hydrogen) atoms. The highest BCUT2D eigenvalue weighted by molar-refractivity contribution is 8.02. The van der Waals surface area contributed by atoms with Crippen molar-refractivity contribution >= 4 is 38.6 Å². The number of rotatable bonds is 5. The Morgan fingerprint density at radius 3 is 2.17 bits per heavy atom. The molecule has 10 heteroatoms. The third kappa shape index (κ3) is 3.66. The van der Waals surface area contributed by atoms with Crippen LogP contribution in [0.2, 0.25) is 0 Å². The molecule has 0 radical (unpaired) electrons. The second-order valence-electron chi connectivity index (χ2n) is 11.0. The summed E-state index contributed by atoms with van der Waals surface area (Å²) in [7, 11) is -5.85. The quantitative estimate of drug-likeness (QED) is 0.365. The Hall–Kier alpha value is -2.20. The van der Waals surface area contributed by atoms with Crippen molar-refractivity contribution in [3.63, 3.8) is 0 Å². The molecule has 1 N–H and O–H groups in total. The molecule has 4 aliphatic carbocycles. The number of hydrogen-bond acceptors (Lipinski definition) is 5. The van der Waals surface area contributed by atoms with E-state index in [0.717, 1.165) is 38.5 Å². The lowest BCUT2D eigenvalue weighted by Gasteiger charge is -2.57. The maximum absolute atomic E-state index is 13.3. The molecule has 2 aromatic rings. The number of aliphatic carboxylic acids is 1. The van der Waals surface area contributed by atoms with E-state index < -0.39 is 32.4 Å². The van der Waals surface area contributed by atoms with Crippen LogP contribution in [0.15, 0.2) is 41.8 Å². The SMILES string of the molecule is O=C(O)C1(c2ccc3cc(OS(=O)(=O)C(F)(F)F)c(C45CC6CC(CC(C6)C4)C5)cc3c2)C=CSC1. The fraction of sp³-hybridized carbons (Fsp3) is 0.500. The fourth-order valence-electron chi connectivity index (χ4n) is 7.47. The van der Waals surface area contributed by atoms with Crippen LogP contribution in [0.1, 0.15) is 49.7 Å². The molecule has 2 aromatic carbocycles. The number of carboxylic acid groups (broad SMARTS) is 1. The number of carboxylic acids is 1. The second kappa shape index (κ2) is 7.90. The summed E-state index contributed by atoms with van der Waals surface area (Å²) in [4.78, 5) is 12.2.